The molecule has 0 saturated carbocycles. The van der Waals surface area contributed by atoms with E-state index in [-0.39, 0.29) is 0 Å². The van der Waals surface area contributed by atoms with Crippen LogP contribution in [0.5, 0.6) is 0 Å². The molecule has 0 spiro atoms. The molecule has 1 atom stereocenters. The summed E-state index contributed by atoms with van der Waals surface area (Å²) in [5.41, 5.74) is 0. The molecular weight excluding hydrogens is 163 g/mol. The summed E-state index contributed by atoms with van der Waals surface area (Å²) in [6.45, 7) is 4.09. The van der Waals surface area contributed by atoms with Crippen molar-refractivity contribution in [3.63, 3.8) is 0 Å². The molecule has 4 heteroatoms. The van der Waals surface area contributed by atoms with Gasteiger partial charge in [0.05, 0.1) is 6.16 Å². The molecule has 0 aromatic carbocycles. The smallest absolute Gasteiger partial charge is 0.312 e. The van der Waals surface area contributed by atoms with Gasteiger partial charge in [0, 0.05) is 14.2 Å². The van der Waals surface area contributed by atoms with Crippen molar-refractivity contribution in [2.45, 2.75) is 20.3 Å². The molecule has 68 valence electrons. The van der Waals surface area contributed by atoms with Crippen LogP contribution in [-0.4, -0.2) is 20.4 Å². The summed E-state index contributed by atoms with van der Waals surface area (Å²) in [5, 5.41) is 0. The average molecular weight is 180 g/mol. The van der Waals surface area contributed by atoms with Gasteiger partial charge in [0.2, 0.25) is 0 Å². The molecule has 0 aliphatic heterocycles. The fraction of sp³-hybridized carbons (Fsp3) is 1.00. The van der Waals surface area contributed by atoms with Crippen molar-refractivity contribution in [3.8, 4) is 0 Å². The molecule has 0 saturated heterocycles. The molecule has 0 radical (unpaired) electrons. The lowest BCUT2D eigenvalue weighted by atomic mass is 10.2. The standard InChI is InChI=1S/C7H17O3P/c1-5-7(2)6-11(8,9-3)10-4/h7H,5-6H2,1-4H3. The molecule has 3 nitrogen and oxygen atoms in total. The molecule has 1 unspecified atom stereocenters. The van der Waals surface area contributed by atoms with Gasteiger partial charge in [0.25, 0.3) is 0 Å². The quantitative estimate of drug-likeness (QED) is 0.610. The summed E-state index contributed by atoms with van der Waals surface area (Å²) in [6, 6.07) is 0. The summed E-state index contributed by atoms with van der Waals surface area (Å²) in [7, 11) is 0.0927. The van der Waals surface area contributed by atoms with Gasteiger partial charge in [-0.25, -0.2) is 0 Å². The maximum absolute atomic E-state index is 11.5. The third-order valence-corrected chi connectivity index (χ3v) is 3.97. The average Bonchev–Trinajstić information content (AvgIpc) is 2.04. The van der Waals surface area contributed by atoms with Crippen molar-refractivity contribution >= 4 is 7.60 Å². The SMILES string of the molecule is CCC(C)CP(=O)(OC)OC. The second-order valence-electron chi connectivity index (χ2n) is 2.67. The van der Waals surface area contributed by atoms with E-state index in [4.69, 9.17) is 9.05 Å². The van der Waals surface area contributed by atoms with Crippen LogP contribution in [0, 0.1) is 5.92 Å². The van der Waals surface area contributed by atoms with Gasteiger partial charge in [-0.1, -0.05) is 20.3 Å². The van der Waals surface area contributed by atoms with E-state index in [1.807, 2.05) is 6.92 Å². The Morgan fingerprint density at radius 2 is 1.82 bits per heavy atom. The minimum atomic E-state index is -2.75. The van der Waals surface area contributed by atoms with E-state index >= 15 is 0 Å². The molecule has 0 aromatic rings. The minimum Gasteiger partial charge on any atom is -0.312 e. The first-order valence-corrected chi connectivity index (χ1v) is 5.51. The highest BCUT2D eigenvalue weighted by molar-refractivity contribution is 7.53. The minimum absolute atomic E-state index is 0.390. The Balaban J connectivity index is 3.97. The van der Waals surface area contributed by atoms with Crippen LogP contribution in [0.25, 0.3) is 0 Å². The molecule has 0 heterocycles. The Bertz CT molecular complexity index is 139. The van der Waals surface area contributed by atoms with Gasteiger partial charge in [-0.05, 0) is 5.92 Å². The van der Waals surface area contributed by atoms with Crippen LogP contribution < -0.4 is 0 Å². The van der Waals surface area contributed by atoms with E-state index in [1.54, 1.807) is 0 Å². The van der Waals surface area contributed by atoms with Gasteiger partial charge in [0.15, 0.2) is 0 Å². The Hall–Kier alpha value is 0.150. The second kappa shape index (κ2) is 4.91. The van der Waals surface area contributed by atoms with Crippen molar-refractivity contribution < 1.29 is 13.6 Å². The van der Waals surface area contributed by atoms with Gasteiger partial charge in [-0.2, -0.15) is 0 Å². The van der Waals surface area contributed by atoms with Crippen molar-refractivity contribution in [1.29, 1.82) is 0 Å². The first kappa shape index (κ1) is 11.2. The maximum Gasteiger partial charge on any atom is 0.330 e. The predicted molar refractivity (Wildman–Crippen MR) is 45.9 cm³/mol. The largest absolute Gasteiger partial charge is 0.330 e. The van der Waals surface area contributed by atoms with E-state index < -0.39 is 7.60 Å². The fourth-order valence-corrected chi connectivity index (χ4v) is 2.20. The number of hydrogen-bond acceptors (Lipinski definition) is 3. The van der Waals surface area contributed by atoms with E-state index in [9.17, 15) is 4.57 Å². The molecule has 0 amide bonds. The second-order valence-corrected chi connectivity index (χ2v) is 4.99. The van der Waals surface area contributed by atoms with Crippen LogP contribution in [0.1, 0.15) is 20.3 Å². The normalized spacial score (nSPS) is 14.9. The highest BCUT2D eigenvalue weighted by atomic mass is 31.2. The monoisotopic (exact) mass is 180 g/mol. The lowest BCUT2D eigenvalue weighted by Crippen LogP contribution is -2.03. The van der Waals surface area contributed by atoms with Gasteiger partial charge in [-0.15, -0.1) is 0 Å². The Morgan fingerprint density at radius 1 is 1.36 bits per heavy atom. The lowest BCUT2D eigenvalue weighted by Gasteiger charge is -2.16. The van der Waals surface area contributed by atoms with E-state index in [0.717, 1.165) is 6.42 Å². The first-order chi connectivity index (χ1) is 5.08. The van der Waals surface area contributed by atoms with E-state index in [1.165, 1.54) is 14.2 Å². The van der Waals surface area contributed by atoms with Crippen molar-refractivity contribution in [1.82, 2.24) is 0 Å². The van der Waals surface area contributed by atoms with Crippen LogP contribution in [0.4, 0.5) is 0 Å². The van der Waals surface area contributed by atoms with Gasteiger partial charge < -0.3 is 9.05 Å². The summed E-state index contributed by atoms with van der Waals surface area (Å²) < 4.78 is 21.1. The third kappa shape index (κ3) is 3.90. The van der Waals surface area contributed by atoms with Crippen LogP contribution in [0.3, 0.4) is 0 Å². The molecule has 0 aliphatic carbocycles. The highest BCUT2D eigenvalue weighted by Crippen LogP contribution is 2.48. The first-order valence-electron chi connectivity index (χ1n) is 3.78. The van der Waals surface area contributed by atoms with Crippen LogP contribution in [0.2, 0.25) is 0 Å². The summed E-state index contributed by atoms with van der Waals surface area (Å²) in [6.07, 6.45) is 1.51. The van der Waals surface area contributed by atoms with Crippen LogP contribution >= 0.6 is 7.60 Å². The van der Waals surface area contributed by atoms with Crippen molar-refractivity contribution in [3.05, 3.63) is 0 Å². The zero-order valence-corrected chi connectivity index (χ0v) is 8.56. The number of hydrogen-bond donors (Lipinski definition) is 0. The van der Waals surface area contributed by atoms with Gasteiger partial charge >= 0.3 is 7.60 Å². The molecule has 0 aromatic heterocycles. The molecule has 0 N–H and O–H groups in total. The molecule has 0 bridgehead atoms. The van der Waals surface area contributed by atoms with E-state index in [2.05, 4.69) is 6.92 Å². The summed E-state index contributed by atoms with van der Waals surface area (Å²) in [5.74, 6) is 0.390. The van der Waals surface area contributed by atoms with Crippen molar-refractivity contribution in [2.75, 3.05) is 20.4 Å². The van der Waals surface area contributed by atoms with Gasteiger partial charge in [-0.3, -0.25) is 4.57 Å². The van der Waals surface area contributed by atoms with Gasteiger partial charge in [0.1, 0.15) is 0 Å². The fourth-order valence-electron chi connectivity index (χ4n) is 0.734. The Labute approximate surface area is 68.6 Å². The van der Waals surface area contributed by atoms with Crippen LogP contribution in [-0.2, 0) is 13.6 Å². The molecular formula is C7H17O3P. The molecule has 11 heavy (non-hydrogen) atoms. The zero-order valence-electron chi connectivity index (χ0n) is 7.66. The maximum atomic E-state index is 11.5. The van der Waals surface area contributed by atoms with Crippen molar-refractivity contribution in [2.24, 2.45) is 5.92 Å². The molecule has 0 fully saturated rings. The topological polar surface area (TPSA) is 35.5 Å². The number of rotatable bonds is 5. The Morgan fingerprint density at radius 3 is 2.09 bits per heavy atom. The summed E-state index contributed by atoms with van der Waals surface area (Å²) in [4.78, 5) is 0. The van der Waals surface area contributed by atoms with Crippen LogP contribution in [0.15, 0.2) is 0 Å². The predicted octanol–water partition coefficient (Wildman–Crippen LogP) is 2.52. The Kier molecular flexibility index (Phi) is 4.98. The zero-order chi connectivity index (χ0) is 8.91. The molecule has 0 rings (SSSR count). The summed E-state index contributed by atoms with van der Waals surface area (Å²) >= 11 is 0. The van der Waals surface area contributed by atoms with E-state index in [0.29, 0.717) is 12.1 Å². The third-order valence-electron chi connectivity index (χ3n) is 1.79. The molecule has 0 aliphatic rings. The lowest BCUT2D eigenvalue weighted by molar-refractivity contribution is 0.270. The highest BCUT2D eigenvalue weighted by Gasteiger charge is 2.23.